The van der Waals surface area contributed by atoms with Gasteiger partial charge in [-0.1, -0.05) is 41.4 Å². The number of ether oxygens (including phenoxy) is 1. The fourth-order valence-electron chi connectivity index (χ4n) is 2.69. The van der Waals surface area contributed by atoms with Crippen LogP contribution in [0.5, 0.6) is 0 Å². The third-order valence-electron chi connectivity index (χ3n) is 4.41. The number of para-hydroxylation sites is 1. The van der Waals surface area contributed by atoms with Crippen molar-refractivity contribution in [3.05, 3.63) is 88.4 Å². The molecule has 0 aliphatic rings. The molecule has 0 aliphatic heterocycles. The van der Waals surface area contributed by atoms with E-state index in [2.05, 4.69) is 5.32 Å². The molecule has 0 bridgehead atoms. The van der Waals surface area contributed by atoms with Crippen LogP contribution in [-0.4, -0.2) is 33.9 Å². The highest BCUT2D eigenvalue weighted by molar-refractivity contribution is 7.92. The monoisotopic (exact) mass is 492 g/mol. The molecule has 3 rings (SSSR count). The molecule has 0 aliphatic carbocycles. The van der Waals surface area contributed by atoms with Crippen LogP contribution in [0.1, 0.15) is 10.4 Å². The van der Waals surface area contributed by atoms with E-state index in [0.717, 1.165) is 4.31 Å². The van der Waals surface area contributed by atoms with Crippen LogP contribution < -0.4 is 9.62 Å². The highest BCUT2D eigenvalue weighted by Gasteiger charge is 2.22. The summed E-state index contributed by atoms with van der Waals surface area (Å²) < 4.78 is 31.7. The summed E-state index contributed by atoms with van der Waals surface area (Å²) in [6.07, 6.45) is 0. The fourth-order valence-corrected chi connectivity index (χ4v) is 4.22. The van der Waals surface area contributed by atoms with E-state index >= 15 is 0 Å². The van der Waals surface area contributed by atoms with Crippen LogP contribution in [0.15, 0.2) is 77.7 Å². The molecule has 166 valence electrons. The van der Waals surface area contributed by atoms with Gasteiger partial charge in [-0.3, -0.25) is 9.10 Å². The van der Waals surface area contributed by atoms with Gasteiger partial charge in [-0.25, -0.2) is 13.2 Å². The minimum Gasteiger partial charge on any atom is -0.452 e. The summed E-state index contributed by atoms with van der Waals surface area (Å²) in [5, 5.41) is 3.17. The molecule has 0 radical (unpaired) electrons. The minimum absolute atomic E-state index is 0.00810. The Balaban J connectivity index is 1.62. The number of nitrogens with zero attached hydrogens (tertiary/aromatic N) is 1. The average Bonchev–Trinajstić information content (AvgIpc) is 2.80. The van der Waals surface area contributed by atoms with Gasteiger partial charge in [-0.05, 0) is 54.6 Å². The highest BCUT2D eigenvalue weighted by atomic mass is 35.5. The van der Waals surface area contributed by atoms with Crippen molar-refractivity contribution in [2.24, 2.45) is 0 Å². The molecule has 0 atom stereocenters. The first kappa shape index (κ1) is 23.6. The van der Waals surface area contributed by atoms with Gasteiger partial charge in [-0.15, -0.1) is 0 Å². The maximum Gasteiger partial charge on any atom is 0.338 e. The normalized spacial score (nSPS) is 11.0. The SMILES string of the molecule is CN(c1ccccc1)S(=O)(=O)c1ccc(C(=O)OCC(=O)Nc2cc(Cl)ccc2Cl)cc1. The number of hydrogen-bond acceptors (Lipinski definition) is 5. The first-order chi connectivity index (χ1) is 15.2. The maximum absolute atomic E-state index is 12.8. The van der Waals surface area contributed by atoms with E-state index < -0.39 is 28.5 Å². The molecule has 1 N–H and O–H groups in total. The largest absolute Gasteiger partial charge is 0.452 e. The Morgan fingerprint density at radius 1 is 0.969 bits per heavy atom. The number of halogens is 2. The van der Waals surface area contributed by atoms with E-state index in [4.69, 9.17) is 27.9 Å². The number of amides is 1. The van der Waals surface area contributed by atoms with Crippen molar-refractivity contribution in [2.45, 2.75) is 4.90 Å². The second kappa shape index (κ2) is 10.0. The Morgan fingerprint density at radius 3 is 2.28 bits per heavy atom. The number of carbonyl (C=O) groups excluding carboxylic acids is 2. The lowest BCUT2D eigenvalue weighted by Gasteiger charge is -2.19. The lowest BCUT2D eigenvalue weighted by molar-refractivity contribution is -0.119. The van der Waals surface area contributed by atoms with Gasteiger partial charge in [0, 0.05) is 12.1 Å². The Morgan fingerprint density at radius 2 is 1.62 bits per heavy atom. The summed E-state index contributed by atoms with van der Waals surface area (Å²) in [6, 6.07) is 18.4. The summed E-state index contributed by atoms with van der Waals surface area (Å²) in [5.41, 5.74) is 0.888. The summed E-state index contributed by atoms with van der Waals surface area (Å²) in [5.74, 6) is -1.39. The van der Waals surface area contributed by atoms with Crippen molar-refractivity contribution in [3.63, 3.8) is 0 Å². The van der Waals surface area contributed by atoms with Crippen LogP contribution in [0, 0.1) is 0 Å². The van der Waals surface area contributed by atoms with E-state index in [9.17, 15) is 18.0 Å². The summed E-state index contributed by atoms with van der Waals surface area (Å²) in [4.78, 5) is 24.3. The molecule has 0 heterocycles. The number of carbonyl (C=O) groups is 2. The number of benzene rings is 3. The lowest BCUT2D eigenvalue weighted by atomic mass is 10.2. The fraction of sp³-hybridized carbons (Fsp3) is 0.0909. The Labute approximate surface area is 195 Å². The van der Waals surface area contributed by atoms with Gasteiger partial charge in [0.05, 0.1) is 26.9 Å². The topological polar surface area (TPSA) is 92.8 Å². The zero-order valence-electron chi connectivity index (χ0n) is 16.8. The minimum atomic E-state index is -3.81. The molecule has 0 unspecified atom stereocenters. The average molecular weight is 493 g/mol. The van der Waals surface area contributed by atoms with Crippen LogP contribution in [0.4, 0.5) is 11.4 Å². The number of hydrogen-bond donors (Lipinski definition) is 1. The molecule has 7 nitrogen and oxygen atoms in total. The van der Waals surface area contributed by atoms with E-state index in [0.29, 0.717) is 10.7 Å². The second-order valence-corrected chi connectivity index (χ2v) is 9.39. The first-order valence-electron chi connectivity index (χ1n) is 9.24. The molecule has 1 amide bonds. The molecule has 3 aromatic carbocycles. The summed E-state index contributed by atoms with van der Waals surface area (Å²) in [7, 11) is -2.37. The Hall–Kier alpha value is -3.07. The third-order valence-corrected chi connectivity index (χ3v) is 6.77. The molecule has 0 spiro atoms. The van der Waals surface area contributed by atoms with Crippen molar-refractivity contribution in [3.8, 4) is 0 Å². The van der Waals surface area contributed by atoms with Gasteiger partial charge >= 0.3 is 5.97 Å². The second-order valence-electron chi connectivity index (χ2n) is 6.58. The van der Waals surface area contributed by atoms with Gasteiger partial charge in [-0.2, -0.15) is 0 Å². The summed E-state index contributed by atoms with van der Waals surface area (Å²) >= 11 is 11.8. The molecule has 0 saturated heterocycles. The molecule has 3 aromatic rings. The van der Waals surface area contributed by atoms with E-state index in [1.807, 2.05) is 0 Å². The zero-order chi connectivity index (χ0) is 23.3. The number of anilines is 2. The van der Waals surface area contributed by atoms with Crippen molar-refractivity contribution in [1.82, 2.24) is 0 Å². The predicted molar refractivity (Wildman–Crippen MR) is 124 cm³/mol. The molecule has 0 saturated carbocycles. The molecule has 0 aromatic heterocycles. The van der Waals surface area contributed by atoms with Gasteiger partial charge < -0.3 is 10.1 Å². The maximum atomic E-state index is 12.8. The van der Waals surface area contributed by atoms with E-state index in [-0.39, 0.29) is 21.2 Å². The van der Waals surface area contributed by atoms with Crippen LogP contribution in [0.3, 0.4) is 0 Å². The number of esters is 1. The van der Waals surface area contributed by atoms with Crippen LogP contribution in [0.2, 0.25) is 10.0 Å². The third kappa shape index (κ3) is 5.59. The van der Waals surface area contributed by atoms with Gasteiger partial charge in [0.2, 0.25) is 0 Å². The first-order valence-corrected chi connectivity index (χ1v) is 11.4. The Kier molecular flexibility index (Phi) is 7.40. The van der Waals surface area contributed by atoms with Crippen LogP contribution in [0.25, 0.3) is 0 Å². The molecule has 32 heavy (non-hydrogen) atoms. The highest BCUT2D eigenvalue weighted by Crippen LogP contribution is 2.25. The number of nitrogens with one attached hydrogen (secondary N) is 1. The zero-order valence-corrected chi connectivity index (χ0v) is 19.1. The predicted octanol–water partition coefficient (Wildman–Crippen LogP) is 4.61. The van der Waals surface area contributed by atoms with Crippen molar-refractivity contribution < 1.29 is 22.7 Å². The number of sulfonamides is 1. The van der Waals surface area contributed by atoms with Gasteiger partial charge in [0.1, 0.15) is 0 Å². The van der Waals surface area contributed by atoms with Crippen molar-refractivity contribution in [1.29, 1.82) is 0 Å². The quantitative estimate of drug-likeness (QED) is 0.485. The van der Waals surface area contributed by atoms with Gasteiger partial charge in [0.25, 0.3) is 15.9 Å². The molecular weight excluding hydrogens is 475 g/mol. The smallest absolute Gasteiger partial charge is 0.338 e. The van der Waals surface area contributed by atoms with Crippen molar-refractivity contribution in [2.75, 3.05) is 23.3 Å². The van der Waals surface area contributed by atoms with Crippen LogP contribution >= 0.6 is 23.2 Å². The van der Waals surface area contributed by atoms with Crippen LogP contribution in [-0.2, 0) is 19.6 Å². The Bertz CT molecular complexity index is 1230. The van der Waals surface area contributed by atoms with E-state index in [1.165, 1.54) is 43.4 Å². The van der Waals surface area contributed by atoms with Gasteiger partial charge in [0.15, 0.2) is 6.61 Å². The molecule has 0 fully saturated rings. The van der Waals surface area contributed by atoms with E-state index in [1.54, 1.807) is 36.4 Å². The molecule has 10 heteroatoms. The molecular formula is C22H18Cl2N2O5S. The number of rotatable bonds is 7. The standard InChI is InChI=1S/C22H18Cl2N2O5S/c1-26(17-5-3-2-4-6-17)32(29,30)18-10-7-15(8-11-18)22(28)31-14-21(27)25-20-13-16(23)9-12-19(20)24/h2-13H,14H2,1H3,(H,25,27). The lowest BCUT2D eigenvalue weighted by Crippen LogP contribution is -2.26. The van der Waals surface area contributed by atoms with Crippen molar-refractivity contribution >= 4 is 56.5 Å². The summed E-state index contributed by atoms with van der Waals surface area (Å²) in [6.45, 7) is -0.557.